The smallest absolute Gasteiger partial charge is 0.331 e. The minimum atomic E-state index is -0.653. The van der Waals surface area contributed by atoms with Crippen LogP contribution in [0, 0.1) is 0 Å². The second-order valence-electron chi connectivity index (χ2n) is 3.04. The van der Waals surface area contributed by atoms with Crippen LogP contribution in [0.5, 0.6) is 0 Å². The predicted molar refractivity (Wildman–Crippen MR) is 60.2 cm³/mol. The van der Waals surface area contributed by atoms with E-state index in [1.165, 1.54) is 0 Å². The first-order valence-electron chi connectivity index (χ1n) is 4.88. The molecule has 0 aliphatic carbocycles. The standard InChI is InChI=1S/C12H13NO3/c1-2-16-11(14)8-10(12(13)15)9-6-4-3-5-7-9/h3-8H,2H2,1H3,(H2,13,15)/b10-8-. The van der Waals surface area contributed by atoms with Crippen molar-refractivity contribution < 1.29 is 14.3 Å². The molecule has 0 saturated carbocycles. The molecular weight excluding hydrogens is 206 g/mol. The Labute approximate surface area is 93.7 Å². The van der Waals surface area contributed by atoms with Crippen LogP contribution in [-0.4, -0.2) is 18.5 Å². The van der Waals surface area contributed by atoms with E-state index < -0.39 is 11.9 Å². The molecule has 0 atom stereocenters. The molecule has 1 aromatic rings. The van der Waals surface area contributed by atoms with Gasteiger partial charge in [-0.3, -0.25) is 4.79 Å². The van der Waals surface area contributed by atoms with Gasteiger partial charge in [-0.2, -0.15) is 0 Å². The fourth-order valence-electron chi connectivity index (χ4n) is 1.22. The number of rotatable bonds is 4. The summed E-state index contributed by atoms with van der Waals surface area (Å²) >= 11 is 0. The Balaban J connectivity index is 3.01. The second-order valence-corrected chi connectivity index (χ2v) is 3.04. The van der Waals surface area contributed by atoms with Crippen molar-refractivity contribution in [2.75, 3.05) is 6.61 Å². The summed E-state index contributed by atoms with van der Waals surface area (Å²) in [6.45, 7) is 1.95. The highest BCUT2D eigenvalue weighted by Gasteiger charge is 2.10. The first-order chi connectivity index (χ1) is 7.65. The molecule has 84 valence electrons. The van der Waals surface area contributed by atoms with Crippen molar-refractivity contribution in [3.8, 4) is 0 Å². The normalized spacial score (nSPS) is 10.9. The molecule has 0 radical (unpaired) electrons. The van der Waals surface area contributed by atoms with E-state index in [0.29, 0.717) is 5.56 Å². The molecule has 1 rings (SSSR count). The summed E-state index contributed by atoms with van der Waals surface area (Å²) in [6.07, 6.45) is 1.11. The maximum absolute atomic E-state index is 11.2. The number of primary amides is 1. The lowest BCUT2D eigenvalue weighted by Crippen LogP contribution is -2.15. The topological polar surface area (TPSA) is 69.4 Å². The number of amides is 1. The van der Waals surface area contributed by atoms with Gasteiger partial charge in [0, 0.05) is 6.08 Å². The molecule has 0 aliphatic rings. The minimum Gasteiger partial charge on any atom is -0.463 e. The SMILES string of the molecule is CCOC(=O)/C=C(\C(N)=O)c1ccccc1. The van der Waals surface area contributed by atoms with Gasteiger partial charge in [-0.15, -0.1) is 0 Å². The monoisotopic (exact) mass is 219 g/mol. The summed E-state index contributed by atoms with van der Waals surface area (Å²) in [5.41, 5.74) is 5.95. The number of ether oxygens (including phenoxy) is 1. The average Bonchev–Trinajstić information content (AvgIpc) is 2.27. The number of benzene rings is 1. The molecule has 0 spiro atoms. The third kappa shape index (κ3) is 3.24. The molecule has 0 heterocycles. The van der Waals surface area contributed by atoms with E-state index in [-0.39, 0.29) is 12.2 Å². The quantitative estimate of drug-likeness (QED) is 0.609. The Morgan fingerprint density at radius 1 is 1.31 bits per heavy atom. The maximum Gasteiger partial charge on any atom is 0.331 e. The van der Waals surface area contributed by atoms with Crippen LogP contribution < -0.4 is 5.73 Å². The van der Waals surface area contributed by atoms with Crippen LogP contribution in [0.25, 0.3) is 5.57 Å². The average molecular weight is 219 g/mol. The predicted octanol–water partition coefficient (Wildman–Crippen LogP) is 1.12. The zero-order valence-corrected chi connectivity index (χ0v) is 8.97. The van der Waals surface area contributed by atoms with Crippen molar-refractivity contribution in [3.63, 3.8) is 0 Å². The summed E-state index contributed by atoms with van der Waals surface area (Å²) in [6, 6.07) is 8.74. The molecule has 1 amide bonds. The molecule has 0 bridgehead atoms. The van der Waals surface area contributed by atoms with Crippen molar-refractivity contribution in [1.29, 1.82) is 0 Å². The summed E-state index contributed by atoms with van der Waals surface area (Å²) in [4.78, 5) is 22.4. The number of carbonyl (C=O) groups excluding carboxylic acids is 2. The molecule has 1 aromatic carbocycles. The molecule has 0 fully saturated rings. The fraction of sp³-hybridized carbons (Fsp3) is 0.167. The van der Waals surface area contributed by atoms with Gasteiger partial charge < -0.3 is 10.5 Å². The van der Waals surface area contributed by atoms with E-state index in [2.05, 4.69) is 0 Å². The molecule has 0 aromatic heterocycles. The largest absolute Gasteiger partial charge is 0.463 e. The third-order valence-electron chi connectivity index (χ3n) is 1.90. The molecule has 4 nitrogen and oxygen atoms in total. The summed E-state index contributed by atoms with van der Waals surface area (Å²) in [5.74, 6) is -1.22. The lowest BCUT2D eigenvalue weighted by atomic mass is 10.1. The Kier molecular flexibility index (Phi) is 4.27. The van der Waals surface area contributed by atoms with Gasteiger partial charge in [0.25, 0.3) is 0 Å². The van der Waals surface area contributed by atoms with Crippen LogP contribution in [0.1, 0.15) is 12.5 Å². The van der Waals surface area contributed by atoms with Gasteiger partial charge in [-0.05, 0) is 12.5 Å². The van der Waals surface area contributed by atoms with Gasteiger partial charge in [0.1, 0.15) is 0 Å². The first kappa shape index (κ1) is 12.0. The van der Waals surface area contributed by atoms with Crippen molar-refractivity contribution >= 4 is 17.4 Å². The molecule has 16 heavy (non-hydrogen) atoms. The van der Waals surface area contributed by atoms with Crippen LogP contribution >= 0.6 is 0 Å². The summed E-state index contributed by atoms with van der Waals surface area (Å²) < 4.78 is 4.72. The van der Waals surface area contributed by atoms with Crippen LogP contribution in [0.15, 0.2) is 36.4 Å². The Hall–Kier alpha value is -2.10. The maximum atomic E-state index is 11.2. The van der Waals surface area contributed by atoms with E-state index in [4.69, 9.17) is 10.5 Å². The molecular formula is C12H13NO3. The summed E-state index contributed by atoms with van der Waals surface area (Å²) in [7, 11) is 0. The molecule has 4 heteroatoms. The van der Waals surface area contributed by atoms with E-state index in [0.717, 1.165) is 6.08 Å². The Morgan fingerprint density at radius 2 is 1.94 bits per heavy atom. The number of hydrogen-bond acceptors (Lipinski definition) is 3. The van der Waals surface area contributed by atoms with Gasteiger partial charge in [-0.25, -0.2) is 4.79 Å². The van der Waals surface area contributed by atoms with Gasteiger partial charge in [0.15, 0.2) is 0 Å². The van der Waals surface area contributed by atoms with Gasteiger partial charge >= 0.3 is 5.97 Å². The van der Waals surface area contributed by atoms with E-state index >= 15 is 0 Å². The van der Waals surface area contributed by atoms with Crippen molar-refractivity contribution in [2.45, 2.75) is 6.92 Å². The zero-order chi connectivity index (χ0) is 12.0. The third-order valence-corrected chi connectivity index (χ3v) is 1.90. The van der Waals surface area contributed by atoms with Gasteiger partial charge in [0.2, 0.25) is 5.91 Å². The molecule has 0 saturated heterocycles. The Morgan fingerprint density at radius 3 is 2.44 bits per heavy atom. The second kappa shape index (κ2) is 5.70. The van der Waals surface area contributed by atoms with E-state index in [1.807, 2.05) is 6.07 Å². The molecule has 2 N–H and O–H groups in total. The Bertz CT molecular complexity index is 410. The molecule has 0 aliphatic heterocycles. The van der Waals surface area contributed by atoms with Crippen LogP contribution in [0.4, 0.5) is 0 Å². The first-order valence-corrected chi connectivity index (χ1v) is 4.88. The lowest BCUT2D eigenvalue weighted by Gasteiger charge is -2.03. The van der Waals surface area contributed by atoms with Crippen molar-refractivity contribution in [3.05, 3.63) is 42.0 Å². The van der Waals surface area contributed by atoms with E-state index in [9.17, 15) is 9.59 Å². The molecule has 0 unspecified atom stereocenters. The van der Waals surface area contributed by atoms with Crippen LogP contribution in [0.2, 0.25) is 0 Å². The van der Waals surface area contributed by atoms with Gasteiger partial charge in [-0.1, -0.05) is 30.3 Å². The highest BCUT2D eigenvalue weighted by atomic mass is 16.5. The number of carbonyl (C=O) groups is 2. The van der Waals surface area contributed by atoms with Crippen molar-refractivity contribution in [2.24, 2.45) is 5.73 Å². The number of hydrogen-bond donors (Lipinski definition) is 1. The number of nitrogens with two attached hydrogens (primary N) is 1. The fourth-order valence-corrected chi connectivity index (χ4v) is 1.22. The van der Waals surface area contributed by atoms with Gasteiger partial charge in [0.05, 0.1) is 12.2 Å². The summed E-state index contributed by atoms with van der Waals surface area (Å²) in [5, 5.41) is 0. The van der Waals surface area contributed by atoms with E-state index in [1.54, 1.807) is 31.2 Å². The minimum absolute atomic E-state index is 0.152. The van der Waals surface area contributed by atoms with Crippen molar-refractivity contribution in [1.82, 2.24) is 0 Å². The lowest BCUT2D eigenvalue weighted by molar-refractivity contribution is -0.137. The highest BCUT2D eigenvalue weighted by Crippen LogP contribution is 2.13. The van der Waals surface area contributed by atoms with Crippen LogP contribution in [0.3, 0.4) is 0 Å². The number of esters is 1. The van der Waals surface area contributed by atoms with Crippen LogP contribution in [-0.2, 0) is 14.3 Å². The zero-order valence-electron chi connectivity index (χ0n) is 8.97. The highest BCUT2D eigenvalue weighted by molar-refractivity contribution is 6.22.